The van der Waals surface area contributed by atoms with E-state index in [2.05, 4.69) is 21.2 Å². The molecule has 5 nitrogen and oxygen atoms in total. The van der Waals surface area contributed by atoms with Gasteiger partial charge in [-0.05, 0) is 42.8 Å². The summed E-state index contributed by atoms with van der Waals surface area (Å²) in [6.45, 7) is 0. The first kappa shape index (κ1) is 14.2. The minimum absolute atomic E-state index is 0.168. The summed E-state index contributed by atoms with van der Waals surface area (Å²) in [5.74, 6) is -0.734. The van der Waals surface area contributed by atoms with Crippen molar-refractivity contribution in [3.8, 4) is 0 Å². The summed E-state index contributed by atoms with van der Waals surface area (Å²) in [4.78, 5) is 39.1. The predicted molar refractivity (Wildman–Crippen MR) is 91.7 cm³/mol. The summed E-state index contributed by atoms with van der Waals surface area (Å²) in [6, 6.07) is 8.72. The number of nitrogens with zero attached hydrogens (tertiary/aromatic N) is 1. The molecule has 2 aliphatic heterocycles. The molecule has 24 heavy (non-hydrogen) atoms. The molecular formula is C18H13BrN2O3. The van der Waals surface area contributed by atoms with Crippen molar-refractivity contribution in [3.05, 3.63) is 40.4 Å². The van der Waals surface area contributed by atoms with E-state index in [-0.39, 0.29) is 17.7 Å². The van der Waals surface area contributed by atoms with E-state index in [0.717, 1.165) is 33.8 Å². The van der Waals surface area contributed by atoms with Crippen molar-refractivity contribution in [2.24, 2.45) is 5.41 Å². The zero-order valence-corrected chi connectivity index (χ0v) is 14.2. The molecule has 3 amide bonds. The molecule has 1 aliphatic carbocycles. The number of hydrogen-bond donors (Lipinski definition) is 1. The molecular weight excluding hydrogens is 372 g/mol. The fourth-order valence-corrected chi connectivity index (χ4v) is 4.42. The number of halogens is 1. The van der Waals surface area contributed by atoms with Crippen molar-refractivity contribution in [2.45, 2.75) is 25.3 Å². The van der Waals surface area contributed by atoms with E-state index in [1.54, 1.807) is 11.0 Å². The Morgan fingerprint density at radius 1 is 1.12 bits per heavy atom. The van der Waals surface area contributed by atoms with Crippen LogP contribution < -0.4 is 10.2 Å². The number of piperidine rings is 1. The molecule has 0 aromatic heterocycles. The molecule has 2 aromatic rings. The summed E-state index contributed by atoms with van der Waals surface area (Å²) >= 11 is 3.52. The van der Waals surface area contributed by atoms with E-state index in [4.69, 9.17) is 0 Å². The second kappa shape index (κ2) is 4.45. The third-order valence-electron chi connectivity index (χ3n) is 5.44. The van der Waals surface area contributed by atoms with Gasteiger partial charge in [0.1, 0.15) is 6.04 Å². The van der Waals surface area contributed by atoms with Gasteiger partial charge in [-0.25, -0.2) is 0 Å². The minimum Gasteiger partial charge on any atom is -0.295 e. The standard InChI is InChI=1S/C18H13BrN2O3/c19-11-5-4-10-14-9(11)2-1-3-12(14)21(16(10)23)13-8-18(6-7-18)17(24)20-15(13)22/h1-5,13H,6-8H2,(H,20,22,24). The lowest BCUT2D eigenvalue weighted by molar-refractivity contribution is -0.138. The lowest BCUT2D eigenvalue weighted by atomic mass is 9.90. The molecule has 1 saturated heterocycles. The Labute approximate surface area is 146 Å². The number of anilines is 1. The van der Waals surface area contributed by atoms with Gasteiger partial charge in [-0.15, -0.1) is 0 Å². The van der Waals surface area contributed by atoms with Crippen LogP contribution in [0.1, 0.15) is 29.6 Å². The van der Waals surface area contributed by atoms with Gasteiger partial charge in [-0.2, -0.15) is 0 Å². The zero-order valence-electron chi connectivity index (χ0n) is 12.6. The summed E-state index contributed by atoms with van der Waals surface area (Å²) in [5, 5.41) is 4.29. The summed E-state index contributed by atoms with van der Waals surface area (Å²) in [6.07, 6.45) is 1.98. The Kier molecular flexibility index (Phi) is 2.62. The fourth-order valence-electron chi connectivity index (χ4n) is 3.95. The maximum atomic E-state index is 13.0. The van der Waals surface area contributed by atoms with Crippen LogP contribution in [0.3, 0.4) is 0 Å². The molecule has 2 aromatic carbocycles. The van der Waals surface area contributed by atoms with Crippen LogP contribution in [-0.4, -0.2) is 23.8 Å². The third kappa shape index (κ3) is 1.66. The van der Waals surface area contributed by atoms with Gasteiger partial charge in [0.2, 0.25) is 11.8 Å². The maximum absolute atomic E-state index is 13.0. The lowest BCUT2D eigenvalue weighted by Gasteiger charge is -2.34. The van der Waals surface area contributed by atoms with Crippen LogP contribution in [0.2, 0.25) is 0 Å². The van der Waals surface area contributed by atoms with Crippen molar-refractivity contribution in [3.63, 3.8) is 0 Å². The van der Waals surface area contributed by atoms with Crippen LogP contribution in [0.15, 0.2) is 34.8 Å². The highest BCUT2D eigenvalue weighted by atomic mass is 79.9. The van der Waals surface area contributed by atoms with Crippen LogP contribution in [-0.2, 0) is 9.59 Å². The highest BCUT2D eigenvalue weighted by Crippen LogP contribution is 2.53. The molecule has 1 unspecified atom stereocenters. The highest BCUT2D eigenvalue weighted by Gasteiger charge is 2.57. The smallest absolute Gasteiger partial charge is 0.259 e. The van der Waals surface area contributed by atoms with Crippen LogP contribution in [0.25, 0.3) is 10.8 Å². The van der Waals surface area contributed by atoms with E-state index in [1.807, 2.05) is 24.3 Å². The highest BCUT2D eigenvalue weighted by molar-refractivity contribution is 9.10. The minimum atomic E-state index is -0.630. The predicted octanol–water partition coefficient (Wildman–Crippen LogP) is 2.76. The SMILES string of the molecule is O=C1NC(=O)C2(CC2)CC1N1C(=O)c2ccc(Br)c3cccc1c23. The Morgan fingerprint density at radius 3 is 2.67 bits per heavy atom. The molecule has 0 bridgehead atoms. The molecule has 5 rings (SSSR count). The second-order valence-corrected chi connectivity index (χ2v) is 7.64. The van der Waals surface area contributed by atoms with Gasteiger partial charge < -0.3 is 0 Å². The monoisotopic (exact) mass is 384 g/mol. The second-order valence-electron chi connectivity index (χ2n) is 6.79. The Bertz CT molecular complexity index is 964. The van der Waals surface area contributed by atoms with Gasteiger partial charge >= 0.3 is 0 Å². The van der Waals surface area contributed by atoms with Crippen LogP contribution in [0.4, 0.5) is 5.69 Å². The Morgan fingerprint density at radius 2 is 1.92 bits per heavy atom. The molecule has 2 fully saturated rings. The van der Waals surface area contributed by atoms with Gasteiger partial charge in [-0.3, -0.25) is 24.6 Å². The van der Waals surface area contributed by atoms with Gasteiger partial charge in [0.05, 0.1) is 11.1 Å². The van der Waals surface area contributed by atoms with E-state index in [9.17, 15) is 14.4 Å². The largest absolute Gasteiger partial charge is 0.295 e. The number of benzene rings is 2. The van der Waals surface area contributed by atoms with Crippen molar-refractivity contribution in [2.75, 3.05) is 4.90 Å². The molecule has 1 saturated carbocycles. The van der Waals surface area contributed by atoms with Gasteiger partial charge in [-0.1, -0.05) is 28.1 Å². The van der Waals surface area contributed by atoms with Crippen LogP contribution in [0, 0.1) is 5.41 Å². The molecule has 1 atom stereocenters. The first-order valence-electron chi connectivity index (χ1n) is 7.92. The van der Waals surface area contributed by atoms with Crippen molar-refractivity contribution >= 4 is 50.1 Å². The lowest BCUT2D eigenvalue weighted by Crippen LogP contribution is -2.57. The van der Waals surface area contributed by atoms with Gasteiger partial charge in [0.15, 0.2) is 0 Å². The first-order chi connectivity index (χ1) is 11.5. The summed E-state index contributed by atoms with van der Waals surface area (Å²) in [5.41, 5.74) is 0.903. The van der Waals surface area contributed by atoms with Gasteiger partial charge in [0, 0.05) is 15.4 Å². The zero-order chi connectivity index (χ0) is 16.6. The van der Waals surface area contributed by atoms with Crippen LogP contribution >= 0.6 is 15.9 Å². The molecule has 1 N–H and O–H groups in total. The number of carbonyl (C=O) groups excluding carboxylic acids is 3. The molecule has 2 heterocycles. The Balaban J connectivity index is 1.67. The number of carbonyl (C=O) groups is 3. The van der Waals surface area contributed by atoms with E-state index in [1.165, 1.54) is 0 Å². The maximum Gasteiger partial charge on any atom is 0.259 e. The topological polar surface area (TPSA) is 66.5 Å². The van der Waals surface area contributed by atoms with E-state index < -0.39 is 11.5 Å². The average Bonchev–Trinajstić information content (AvgIpc) is 3.28. The van der Waals surface area contributed by atoms with Gasteiger partial charge in [0.25, 0.3) is 5.91 Å². The summed E-state index contributed by atoms with van der Waals surface area (Å²) < 4.78 is 0.916. The third-order valence-corrected chi connectivity index (χ3v) is 6.14. The van der Waals surface area contributed by atoms with Crippen molar-refractivity contribution < 1.29 is 14.4 Å². The number of rotatable bonds is 1. The number of hydrogen-bond acceptors (Lipinski definition) is 3. The molecule has 3 aliphatic rings. The first-order valence-corrected chi connectivity index (χ1v) is 8.71. The molecule has 1 spiro atoms. The fraction of sp³-hybridized carbons (Fsp3) is 0.278. The Hall–Kier alpha value is -2.21. The number of amides is 3. The molecule has 120 valence electrons. The van der Waals surface area contributed by atoms with E-state index >= 15 is 0 Å². The average molecular weight is 385 g/mol. The molecule has 6 heteroatoms. The quantitative estimate of drug-likeness (QED) is 0.768. The van der Waals surface area contributed by atoms with Crippen molar-refractivity contribution in [1.29, 1.82) is 0 Å². The molecule has 0 radical (unpaired) electrons. The summed E-state index contributed by atoms with van der Waals surface area (Å²) in [7, 11) is 0. The van der Waals surface area contributed by atoms with Crippen LogP contribution in [0.5, 0.6) is 0 Å². The van der Waals surface area contributed by atoms with Crippen molar-refractivity contribution in [1.82, 2.24) is 5.32 Å². The normalized spacial score (nSPS) is 24.0. The number of nitrogens with one attached hydrogen (secondary N) is 1. The number of imide groups is 1. The van der Waals surface area contributed by atoms with E-state index in [0.29, 0.717) is 12.0 Å².